The molecule has 0 radical (unpaired) electrons. The van der Waals surface area contributed by atoms with E-state index in [2.05, 4.69) is 30.9 Å². The summed E-state index contributed by atoms with van der Waals surface area (Å²) in [6, 6.07) is 9.71. The van der Waals surface area contributed by atoms with Crippen LogP contribution in [0.15, 0.2) is 30.3 Å². The predicted molar refractivity (Wildman–Crippen MR) is 65.8 cm³/mol. The summed E-state index contributed by atoms with van der Waals surface area (Å²) in [5.74, 6) is 1.30. The van der Waals surface area contributed by atoms with Gasteiger partial charge in [0.1, 0.15) is 6.54 Å². The van der Waals surface area contributed by atoms with Crippen LogP contribution in [0.4, 0.5) is 0 Å². The first-order valence-corrected chi connectivity index (χ1v) is 5.95. The minimum Gasteiger partial charge on any atom is -0.228 e. The first-order valence-electron chi connectivity index (χ1n) is 5.95. The van der Waals surface area contributed by atoms with Crippen molar-refractivity contribution in [3.8, 4) is 11.4 Å². The van der Waals surface area contributed by atoms with E-state index in [9.17, 15) is 0 Å². The lowest BCUT2D eigenvalue weighted by Crippen LogP contribution is -2.11. The minimum atomic E-state index is 0.403. The largest absolute Gasteiger partial charge is 0.228 e. The number of hydrogen-bond acceptors (Lipinski definition) is 6. The quantitative estimate of drug-likeness (QED) is 0.671. The summed E-state index contributed by atoms with van der Waals surface area (Å²) in [6.07, 6.45) is 0. The maximum atomic E-state index is 4.32. The van der Waals surface area contributed by atoms with E-state index in [1.54, 1.807) is 4.68 Å². The molecule has 0 atom stereocenters. The van der Waals surface area contributed by atoms with Crippen molar-refractivity contribution in [2.24, 2.45) is 0 Å². The maximum absolute atomic E-state index is 4.32. The summed E-state index contributed by atoms with van der Waals surface area (Å²) in [7, 11) is 0. The summed E-state index contributed by atoms with van der Waals surface area (Å²) in [5.41, 5.74) is 0.934. The highest BCUT2D eigenvalue weighted by atomic mass is 15.6. The van der Waals surface area contributed by atoms with Crippen molar-refractivity contribution < 1.29 is 0 Å². The molecule has 19 heavy (non-hydrogen) atoms. The number of aryl methyl sites for hydroxylation is 1. The second kappa shape index (κ2) is 4.92. The summed E-state index contributed by atoms with van der Waals surface area (Å²) >= 11 is 0. The van der Waals surface area contributed by atoms with Gasteiger partial charge in [0, 0.05) is 12.1 Å². The molecular weight excluding hydrogens is 244 g/mol. The van der Waals surface area contributed by atoms with Gasteiger partial charge in [-0.15, -0.1) is 15.3 Å². The number of aromatic nitrogens is 8. The molecule has 0 bridgehead atoms. The normalized spacial score (nSPS) is 10.8. The van der Waals surface area contributed by atoms with Crippen LogP contribution in [0.25, 0.3) is 11.4 Å². The van der Waals surface area contributed by atoms with Gasteiger partial charge in [0.2, 0.25) is 5.82 Å². The van der Waals surface area contributed by atoms with Crippen LogP contribution in [0.2, 0.25) is 0 Å². The van der Waals surface area contributed by atoms with Gasteiger partial charge in [-0.2, -0.15) is 4.80 Å². The van der Waals surface area contributed by atoms with E-state index in [0.717, 1.165) is 5.56 Å². The first kappa shape index (κ1) is 11.5. The van der Waals surface area contributed by atoms with Crippen LogP contribution in [-0.4, -0.2) is 40.4 Å². The highest BCUT2D eigenvalue weighted by molar-refractivity contribution is 5.52. The zero-order chi connectivity index (χ0) is 13.1. The molecule has 0 saturated carbocycles. The van der Waals surface area contributed by atoms with Gasteiger partial charge in [-0.25, -0.2) is 4.68 Å². The molecule has 2 heterocycles. The van der Waals surface area contributed by atoms with Crippen molar-refractivity contribution >= 4 is 0 Å². The number of hydrogen-bond donors (Lipinski definition) is 0. The fourth-order valence-corrected chi connectivity index (χ4v) is 1.72. The molecule has 0 unspecified atom stereocenters. The molecule has 1 aromatic carbocycles. The molecule has 0 N–H and O–H groups in total. The lowest BCUT2D eigenvalue weighted by atomic mass is 10.2. The van der Waals surface area contributed by atoms with Crippen LogP contribution in [0.5, 0.6) is 0 Å². The van der Waals surface area contributed by atoms with Gasteiger partial charge >= 0.3 is 0 Å². The Morgan fingerprint density at radius 2 is 1.89 bits per heavy atom. The third-order valence-corrected chi connectivity index (χ3v) is 2.67. The smallest absolute Gasteiger partial charge is 0.204 e. The number of nitrogens with zero attached hydrogens (tertiary/aromatic N) is 8. The molecule has 0 spiro atoms. The Kier molecular flexibility index (Phi) is 2.97. The standard InChI is InChI=1S/C11H12N8/c1-2-18-10(12-15-17-18)8-19-14-11(13-16-19)9-6-4-3-5-7-9/h3-7H,2,8H2,1H3. The Morgan fingerprint density at radius 3 is 2.68 bits per heavy atom. The fourth-order valence-electron chi connectivity index (χ4n) is 1.72. The summed E-state index contributed by atoms with van der Waals surface area (Å²) in [5, 5.41) is 23.8. The Balaban J connectivity index is 1.82. The predicted octanol–water partition coefficient (Wildman–Crippen LogP) is 0.395. The van der Waals surface area contributed by atoms with E-state index >= 15 is 0 Å². The van der Waals surface area contributed by atoms with Gasteiger partial charge in [-0.05, 0) is 22.6 Å². The van der Waals surface area contributed by atoms with Crippen molar-refractivity contribution in [2.75, 3.05) is 0 Å². The average molecular weight is 256 g/mol. The second-order valence-corrected chi connectivity index (χ2v) is 3.92. The van der Waals surface area contributed by atoms with E-state index in [0.29, 0.717) is 24.7 Å². The van der Waals surface area contributed by atoms with Crippen molar-refractivity contribution in [1.82, 2.24) is 40.4 Å². The monoisotopic (exact) mass is 256 g/mol. The van der Waals surface area contributed by atoms with Gasteiger partial charge < -0.3 is 0 Å². The Labute approximate surface area is 109 Å². The van der Waals surface area contributed by atoms with Crippen LogP contribution in [0, 0.1) is 0 Å². The van der Waals surface area contributed by atoms with Crippen molar-refractivity contribution in [3.63, 3.8) is 0 Å². The second-order valence-electron chi connectivity index (χ2n) is 3.92. The number of rotatable bonds is 4. The molecule has 0 amide bonds. The molecule has 3 rings (SSSR count). The molecular formula is C11H12N8. The third kappa shape index (κ3) is 2.32. The maximum Gasteiger partial charge on any atom is 0.204 e. The van der Waals surface area contributed by atoms with Gasteiger partial charge in [0.25, 0.3) is 0 Å². The molecule has 0 aliphatic rings. The SMILES string of the molecule is CCn1nnnc1Cn1nnc(-c2ccccc2)n1. The van der Waals surface area contributed by atoms with Crippen molar-refractivity contribution in [3.05, 3.63) is 36.2 Å². The lowest BCUT2D eigenvalue weighted by Gasteiger charge is -1.98. The van der Waals surface area contributed by atoms with E-state index in [4.69, 9.17) is 0 Å². The van der Waals surface area contributed by atoms with E-state index in [1.807, 2.05) is 37.3 Å². The van der Waals surface area contributed by atoms with Gasteiger partial charge in [0.05, 0.1) is 0 Å². The molecule has 0 aliphatic heterocycles. The molecule has 0 aliphatic carbocycles. The molecule has 3 aromatic rings. The van der Waals surface area contributed by atoms with E-state index < -0.39 is 0 Å². The highest BCUT2D eigenvalue weighted by Crippen LogP contribution is 2.11. The van der Waals surface area contributed by atoms with Crippen molar-refractivity contribution in [2.45, 2.75) is 20.0 Å². The Hall–Kier alpha value is -2.64. The molecule has 2 aromatic heterocycles. The van der Waals surface area contributed by atoms with Crippen LogP contribution in [-0.2, 0) is 13.1 Å². The summed E-state index contributed by atoms with van der Waals surface area (Å²) in [4.78, 5) is 1.49. The summed E-state index contributed by atoms with van der Waals surface area (Å²) in [6.45, 7) is 3.09. The molecule has 96 valence electrons. The van der Waals surface area contributed by atoms with Crippen molar-refractivity contribution in [1.29, 1.82) is 0 Å². The van der Waals surface area contributed by atoms with Crippen LogP contribution < -0.4 is 0 Å². The third-order valence-electron chi connectivity index (χ3n) is 2.67. The zero-order valence-corrected chi connectivity index (χ0v) is 10.4. The zero-order valence-electron chi connectivity index (χ0n) is 10.4. The lowest BCUT2D eigenvalue weighted by molar-refractivity contribution is 0.515. The van der Waals surface area contributed by atoms with Gasteiger partial charge in [-0.3, -0.25) is 0 Å². The fraction of sp³-hybridized carbons (Fsp3) is 0.273. The van der Waals surface area contributed by atoms with Crippen LogP contribution >= 0.6 is 0 Å². The average Bonchev–Trinajstić information content (AvgIpc) is 3.09. The Bertz CT molecular complexity index is 656. The molecule has 8 heteroatoms. The van der Waals surface area contributed by atoms with E-state index in [1.165, 1.54) is 4.80 Å². The Morgan fingerprint density at radius 1 is 1.05 bits per heavy atom. The molecule has 0 fully saturated rings. The first-order chi connectivity index (χ1) is 9.36. The van der Waals surface area contributed by atoms with Crippen LogP contribution in [0.1, 0.15) is 12.7 Å². The number of tetrazole rings is 2. The van der Waals surface area contributed by atoms with Crippen LogP contribution in [0.3, 0.4) is 0 Å². The van der Waals surface area contributed by atoms with Gasteiger partial charge in [-0.1, -0.05) is 30.3 Å². The number of benzene rings is 1. The highest BCUT2D eigenvalue weighted by Gasteiger charge is 2.09. The van der Waals surface area contributed by atoms with Gasteiger partial charge in [0.15, 0.2) is 5.82 Å². The van der Waals surface area contributed by atoms with E-state index in [-0.39, 0.29) is 0 Å². The molecule has 8 nitrogen and oxygen atoms in total. The molecule has 0 saturated heterocycles. The summed E-state index contributed by atoms with van der Waals surface area (Å²) < 4.78 is 1.70. The topological polar surface area (TPSA) is 87.2 Å². The minimum absolute atomic E-state index is 0.403.